The Balaban J connectivity index is 1.55. The molecule has 3 heterocycles. The third-order valence-electron chi connectivity index (χ3n) is 5.03. The summed E-state index contributed by atoms with van der Waals surface area (Å²) >= 11 is 1.56. The lowest BCUT2D eigenvalue weighted by Crippen LogP contribution is -2.41. The van der Waals surface area contributed by atoms with Crippen LogP contribution < -0.4 is 0 Å². The maximum Gasteiger partial charge on any atom is 0.320 e. The normalized spacial score (nSPS) is 27.9. The van der Waals surface area contributed by atoms with Crippen LogP contribution in [0.4, 0.5) is 0 Å². The lowest BCUT2D eigenvalue weighted by Gasteiger charge is -2.31. The first kappa shape index (κ1) is 14.8. The Morgan fingerprint density at radius 3 is 3.09 bits per heavy atom. The molecule has 1 N–H and O–H groups in total. The Morgan fingerprint density at radius 1 is 1.43 bits per heavy atom. The molecule has 0 spiro atoms. The molecule has 0 amide bonds. The topological polar surface area (TPSA) is 79.5 Å². The van der Waals surface area contributed by atoms with E-state index in [1.807, 2.05) is 17.5 Å². The molecule has 23 heavy (non-hydrogen) atoms. The van der Waals surface area contributed by atoms with Gasteiger partial charge in [0.05, 0.1) is 11.4 Å². The van der Waals surface area contributed by atoms with Gasteiger partial charge >= 0.3 is 5.97 Å². The molecule has 1 saturated heterocycles. The second kappa shape index (κ2) is 6.05. The van der Waals surface area contributed by atoms with Crippen molar-refractivity contribution in [2.75, 3.05) is 0 Å². The summed E-state index contributed by atoms with van der Waals surface area (Å²) in [4.78, 5) is 19.1. The van der Waals surface area contributed by atoms with Gasteiger partial charge < -0.3 is 9.63 Å². The molecule has 2 fully saturated rings. The van der Waals surface area contributed by atoms with E-state index in [-0.39, 0.29) is 0 Å². The van der Waals surface area contributed by atoms with Gasteiger partial charge in [0.1, 0.15) is 6.04 Å². The van der Waals surface area contributed by atoms with Gasteiger partial charge in [-0.1, -0.05) is 24.1 Å². The summed E-state index contributed by atoms with van der Waals surface area (Å²) in [6.45, 7) is 0.427. The van der Waals surface area contributed by atoms with Crippen LogP contribution in [-0.4, -0.2) is 38.2 Å². The van der Waals surface area contributed by atoms with Crippen LogP contribution in [0.5, 0.6) is 0 Å². The SMILES string of the molecule is O=C(O)[C@@H]1C[C@@H]2CCCC[C@H]2N1Cc1nc(-c2cccs2)no1. The van der Waals surface area contributed by atoms with Gasteiger partial charge in [-0.2, -0.15) is 4.98 Å². The zero-order valence-corrected chi connectivity index (χ0v) is 13.5. The highest BCUT2D eigenvalue weighted by atomic mass is 32.1. The predicted molar refractivity (Wildman–Crippen MR) is 84.9 cm³/mol. The van der Waals surface area contributed by atoms with Crippen molar-refractivity contribution in [1.29, 1.82) is 0 Å². The number of carboxylic acid groups (broad SMARTS) is 1. The van der Waals surface area contributed by atoms with E-state index in [2.05, 4.69) is 15.0 Å². The molecule has 3 atom stereocenters. The monoisotopic (exact) mass is 333 g/mol. The first-order valence-electron chi connectivity index (χ1n) is 8.07. The molecule has 0 bridgehead atoms. The molecule has 1 aliphatic carbocycles. The van der Waals surface area contributed by atoms with Gasteiger partial charge in [0.15, 0.2) is 0 Å². The summed E-state index contributed by atoms with van der Waals surface area (Å²) in [5.41, 5.74) is 0. The average molecular weight is 333 g/mol. The van der Waals surface area contributed by atoms with Gasteiger partial charge in [0.25, 0.3) is 0 Å². The van der Waals surface area contributed by atoms with E-state index in [9.17, 15) is 9.90 Å². The van der Waals surface area contributed by atoms with Crippen molar-refractivity contribution < 1.29 is 14.4 Å². The molecule has 4 rings (SSSR count). The highest BCUT2D eigenvalue weighted by Gasteiger charge is 2.45. The second-order valence-corrected chi connectivity index (χ2v) is 7.31. The molecule has 122 valence electrons. The van der Waals surface area contributed by atoms with Crippen LogP contribution in [-0.2, 0) is 11.3 Å². The molecule has 2 aromatic rings. The van der Waals surface area contributed by atoms with Crippen molar-refractivity contribution in [3.05, 3.63) is 23.4 Å². The largest absolute Gasteiger partial charge is 0.480 e. The zero-order chi connectivity index (χ0) is 15.8. The van der Waals surface area contributed by atoms with E-state index in [1.165, 1.54) is 12.8 Å². The maximum atomic E-state index is 11.6. The summed E-state index contributed by atoms with van der Waals surface area (Å²) < 4.78 is 5.37. The number of hydrogen-bond acceptors (Lipinski definition) is 6. The number of aromatic nitrogens is 2. The Kier molecular flexibility index (Phi) is 3.90. The maximum absolute atomic E-state index is 11.6. The van der Waals surface area contributed by atoms with Crippen LogP contribution in [0.3, 0.4) is 0 Å². The summed E-state index contributed by atoms with van der Waals surface area (Å²) in [7, 11) is 0. The van der Waals surface area contributed by atoms with Crippen molar-refractivity contribution in [1.82, 2.24) is 15.0 Å². The van der Waals surface area contributed by atoms with Gasteiger partial charge in [-0.3, -0.25) is 9.69 Å². The van der Waals surface area contributed by atoms with Crippen LogP contribution in [0.2, 0.25) is 0 Å². The Morgan fingerprint density at radius 2 is 2.30 bits per heavy atom. The number of likely N-dealkylation sites (tertiary alicyclic amines) is 1. The molecule has 2 aliphatic rings. The molecule has 6 nitrogen and oxygen atoms in total. The van der Waals surface area contributed by atoms with E-state index in [0.717, 1.165) is 24.1 Å². The van der Waals surface area contributed by atoms with Crippen LogP contribution in [0, 0.1) is 5.92 Å². The summed E-state index contributed by atoms with van der Waals surface area (Å²) in [6, 6.07) is 3.80. The lowest BCUT2D eigenvalue weighted by atomic mass is 9.85. The van der Waals surface area contributed by atoms with E-state index >= 15 is 0 Å². The number of hydrogen-bond donors (Lipinski definition) is 1. The minimum Gasteiger partial charge on any atom is -0.480 e. The summed E-state index contributed by atoms with van der Waals surface area (Å²) in [5, 5.41) is 15.6. The Hall–Kier alpha value is -1.73. The first-order valence-corrected chi connectivity index (χ1v) is 8.95. The number of carboxylic acids is 1. The summed E-state index contributed by atoms with van der Waals surface area (Å²) in [5.74, 6) is 0.842. The minimum absolute atomic E-state index is 0.335. The highest BCUT2D eigenvalue weighted by Crippen LogP contribution is 2.40. The molecular weight excluding hydrogens is 314 g/mol. The van der Waals surface area contributed by atoms with Crippen molar-refractivity contribution in [2.24, 2.45) is 5.92 Å². The van der Waals surface area contributed by atoms with Crippen molar-refractivity contribution in [3.63, 3.8) is 0 Å². The lowest BCUT2D eigenvalue weighted by molar-refractivity contribution is -0.143. The zero-order valence-electron chi connectivity index (χ0n) is 12.7. The molecule has 0 radical (unpaired) electrons. The molecule has 7 heteroatoms. The van der Waals surface area contributed by atoms with Crippen LogP contribution in [0.1, 0.15) is 38.0 Å². The number of thiophene rings is 1. The third-order valence-corrected chi connectivity index (χ3v) is 5.90. The van der Waals surface area contributed by atoms with E-state index in [4.69, 9.17) is 4.52 Å². The molecule has 1 saturated carbocycles. The van der Waals surface area contributed by atoms with Crippen LogP contribution in [0.25, 0.3) is 10.7 Å². The predicted octanol–water partition coefficient (Wildman–Crippen LogP) is 3.02. The van der Waals surface area contributed by atoms with E-state index in [1.54, 1.807) is 11.3 Å². The molecule has 1 aliphatic heterocycles. The molecule has 0 unspecified atom stereocenters. The van der Waals surface area contributed by atoms with Gasteiger partial charge in [0.2, 0.25) is 11.7 Å². The van der Waals surface area contributed by atoms with Crippen LogP contribution >= 0.6 is 11.3 Å². The van der Waals surface area contributed by atoms with Gasteiger partial charge in [-0.15, -0.1) is 11.3 Å². The fraction of sp³-hybridized carbons (Fsp3) is 0.562. The average Bonchev–Trinajstić information content (AvgIpc) is 3.26. The molecule has 0 aromatic carbocycles. The van der Waals surface area contributed by atoms with Crippen LogP contribution in [0.15, 0.2) is 22.0 Å². The van der Waals surface area contributed by atoms with Crippen molar-refractivity contribution >= 4 is 17.3 Å². The smallest absolute Gasteiger partial charge is 0.320 e. The number of aliphatic carboxylic acids is 1. The fourth-order valence-corrected chi connectivity index (χ4v) is 4.65. The fourth-order valence-electron chi connectivity index (χ4n) is 4.00. The van der Waals surface area contributed by atoms with E-state index < -0.39 is 12.0 Å². The standard InChI is InChI=1S/C16H19N3O3S/c20-16(21)12-8-10-4-1-2-5-11(10)19(12)9-14-17-15(18-22-14)13-6-3-7-23-13/h3,6-7,10-12H,1-2,4-5,8-9H2,(H,20,21)/t10-,11+,12-/m0/s1. The Labute approximate surface area is 138 Å². The molecule has 2 aromatic heterocycles. The highest BCUT2D eigenvalue weighted by molar-refractivity contribution is 7.13. The van der Waals surface area contributed by atoms with Gasteiger partial charge in [0, 0.05) is 6.04 Å². The number of rotatable bonds is 4. The third kappa shape index (κ3) is 2.79. The number of nitrogens with zero attached hydrogens (tertiary/aromatic N) is 3. The second-order valence-electron chi connectivity index (χ2n) is 6.36. The van der Waals surface area contributed by atoms with Gasteiger partial charge in [-0.25, -0.2) is 0 Å². The summed E-state index contributed by atoms with van der Waals surface area (Å²) in [6.07, 6.45) is 5.33. The van der Waals surface area contributed by atoms with E-state index in [0.29, 0.717) is 30.2 Å². The Bertz CT molecular complexity index is 685. The van der Waals surface area contributed by atoms with Crippen molar-refractivity contribution in [3.8, 4) is 10.7 Å². The number of fused-ring (bicyclic) bond motifs is 1. The van der Waals surface area contributed by atoms with Crippen molar-refractivity contribution in [2.45, 2.75) is 50.7 Å². The minimum atomic E-state index is -0.739. The first-order chi connectivity index (χ1) is 11.2. The number of carbonyl (C=O) groups is 1. The van der Waals surface area contributed by atoms with Gasteiger partial charge in [-0.05, 0) is 36.6 Å². The molecular formula is C16H19N3O3S. The quantitative estimate of drug-likeness (QED) is 0.926.